The van der Waals surface area contributed by atoms with E-state index in [-0.39, 0.29) is 11.5 Å². The average Bonchev–Trinajstić information content (AvgIpc) is 2.15. The molecule has 1 heteroatoms. The molecule has 2 atom stereocenters. The van der Waals surface area contributed by atoms with E-state index in [2.05, 4.69) is 52.0 Å². The predicted octanol–water partition coefficient (Wildman–Crippen LogP) is 3.86. The molecule has 1 aromatic carbocycles. The van der Waals surface area contributed by atoms with Crippen LogP contribution in [0.3, 0.4) is 0 Å². The molecule has 16 heavy (non-hydrogen) atoms. The Kier molecular flexibility index (Phi) is 4.15. The molecule has 0 spiro atoms. The van der Waals surface area contributed by atoms with Gasteiger partial charge in [0.15, 0.2) is 0 Å². The Morgan fingerprint density at radius 3 is 2.31 bits per heavy atom. The van der Waals surface area contributed by atoms with Gasteiger partial charge in [0.1, 0.15) is 0 Å². The first-order valence-electron chi connectivity index (χ1n) is 6.09. The monoisotopic (exact) mass is 220 g/mol. The van der Waals surface area contributed by atoms with Crippen molar-refractivity contribution < 1.29 is 5.11 Å². The molecule has 0 bridgehead atoms. The molecule has 0 aromatic heterocycles. The maximum atomic E-state index is 9.41. The molecule has 0 aliphatic carbocycles. The molecule has 90 valence electrons. The van der Waals surface area contributed by atoms with Gasteiger partial charge in [-0.1, -0.05) is 52.0 Å². The van der Waals surface area contributed by atoms with Crippen LogP contribution in [0.2, 0.25) is 0 Å². The van der Waals surface area contributed by atoms with Crippen LogP contribution >= 0.6 is 0 Å². The first-order chi connectivity index (χ1) is 7.30. The van der Waals surface area contributed by atoms with E-state index in [1.807, 2.05) is 6.92 Å². The topological polar surface area (TPSA) is 20.2 Å². The van der Waals surface area contributed by atoms with Crippen LogP contribution in [0.1, 0.15) is 58.1 Å². The van der Waals surface area contributed by atoms with Gasteiger partial charge in [0, 0.05) is 0 Å². The van der Waals surface area contributed by atoms with Gasteiger partial charge < -0.3 is 5.11 Å². The van der Waals surface area contributed by atoms with Crippen molar-refractivity contribution in [1.29, 1.82) is 0 Å². The minimum absolute atomic E-state index is 0.195. The second-order valence-electron chi connectivity index (χ2n) is 5.86. The third kappa shape index (κ3) is 3.64. The summed E-state index contributed by atoms with van der Waals surface area (Å²) in [5, 5.41) is 9.41. The molecular formula is C15H24O. The van der Waals surface area contributed by atoms with Gasteiger partial charge >= 0.3 is 0 Å². The fraction of sp³-hybridized carbons (Fsp3) is 0.600. The second-order valence-corrected chi connectivity index (χ2v) is 5.86. The molecule has 1 N–H and O–H groups in total. The third-order valence-electron chi connectivity index (χ3n) is 3.02. The predicted molar refractivity (Wildman–Crippen MR) is 69.9 cm³/mol. The zero-order valence-electron chi connectivity index (χ0n) is 11.1. The van der Waals surface area contributed by atoms with Gasteiger partial charge in [-0.05, 0) is 35.8 Å². The van der Waals surface area contributed by atoms with Crippen molar-refractivity contribution in [1.82, 2.24) is 0 Å². The van der Waals surface area contributed by atoms with Crippen molar-refractivity contribution in [3.05, 3.63) is 35.4 Å². The second kappa shape index (κ2) is 5.01. The van der Waals surface area contributed by atoms with Crippen LogP contribution in [0.15, 0.2) is 24.3 Å². The molecule has 2 unspecified atom stereocenters. The number of aliphatic hydroxyl groups excluding tert-OH is 1. The summed E-state index contributed by atoms with van der Waals surface area (Å²) in [4.78, 5) is 0. The molecular weight excluding hydrogens is 196 g/mol. The molecule has 1 rings (SSSR count). The summed E-state index contributed by atoms with van der Waals surface area (Å²) < 4.78 is 0. The molecule has 0 saturated carbocycles. The normalized spacial score (nSPS) is 15.9. The molecule has 0 radical (unpaired) electrons. The standard InChI is InChI=1S/C15H24O/c1-11(9-12(2)16)13-7-6-8-14(10-13)15(3,4)5/h6-8,10-12,16H,9H2,1-5H3. The number of aliphatic hydroxyl groups is 1. The third-order valence-corrected chi connectivity index (χ3v) is 3.02. The summed E-state index contributed by atoms with van der Waals surface area (Å²) in [7, 11) is 0. The lowest BCUT2D eigenvalue weighted by Gasteiger charge is -2.21. The Bertz CT molecular complexity index is 334. The van der Waals surface area contributed by atoms with E-state index in [0.717, 1.165) is 6.42 Å². The minimum atomic E-state index is -0.228. The molecule has 0 fully saturated rings. The highest BCUT2D eigenvalue weighted by Gasteiger charge is 2.15. The lowest BCUT2D eigenvalue weighted by atomic mass is 9.84. The Morgan fingerprint density at radius 1 is 1.19 bits per heavy atom. The van der Waals surface area contributed by atoms with E-state index in [1.54, 1.807) is 0 Å². The highest BCUT2D eigenvalue weighted by molar-refractivity contribution is 5.30. The fourth-order valence-electron chi connectivity index (χ4n) is 1.96. The zero-order valence-corrected chi connectivity index (χ0v) is 11.1. The molecule has 0 aliphatic rings. The van der Waals surface area contributed by atoms with E-state index in [9.17, 15) is 5.11 Å². The first-order valence-corrected chi connectivity index (χ1v) is 6.09. The van der Waals surface area contributed by atoms with Gasteiger partial charge in [-0.3, -0.25) is 0 Å². The number of rotatable bonds is 3. The van der Waals surface area contributed by atoms with E-state index in [0.29, 0.717) is 5.92 Å². The molecule has 0 heterocycles. The summed E-state index contributed by atoms with van der Waals surface area (Å²) in [6, 6.07) is 8.72. The molecule has 1 nitrogen and oxygen atoms in total. The highest BCUT2D eigenvalue weighted by Crippen LogP contribution is 2.27. The first kappa shape index (κ1) is 13.2. The molecule has 0 amide bonds. The van der Waals surface area contributed by atoms with Crippen molar-refractivity contribution in [2.45, 2.75) is 58.5 Å². The lowest BCUT2D eigenvalue weighted by molar-refractivity contribution is 0.176. The van der Waals surface area contributed by atoms with Gasteiger partial charge in [-0.25, -0.2) is 0 Å². The van der Waals surface area contributed by atoms with Crippen LogP contribution in [0.4, 0.5) is 0 Å². The summed E-state index contributed by atoms with van der Waals surface area (Å²) in [6.07, 6.45) is 0.599. The van der Waals surface area contributed by atoms with E-state index >= 15 is 0 Å². The van der Waals surface area contributed by atoms with Gasteiger partial charge in [0.2, 0.25) is 0 Å². The number of hydrogen-bond donors (Lipinski definition) is 1. The van der Waals surface area contributed by atoms with Gasteiger partial charge in [-0.2, -0.15) is 0 Å². The molecule has 0 saturated heterocycles. The maximum Gasteiger partial charge on any atom is 0.0517 e. The van der Waals surface area contributed by atoms with Crippen molar-refractivity contribution in [2.24, 2.45) is 0 Å². The SMILES string of the molecule is CC(O)CC(C)c1cccc(C(C)(C)C)c1. The largest absolute Gasteiger partial charge is 0.393 e. The van der Waals surface area contributed by atoms with E-state index < -0.39 is 0 Å². The van der Waals surface area contributed by atoms with Crippen LogP contribution < -0.4 is 0 Å². The summed E-state index contributed by atoms with van der Waals surface area (Å²) in [5.74, 6) is 0.419. The number of hydrogen-bond acceptors (Lipinski definition) is 1. The Hall–Kier alpha value is -0.820. The molecule has 1 aromatic rings. The summed E-state index contributed by atoms with van der Waals surface area (Å²) in [6.45, 7) is 10.7. The highest BCUT2D eigenvalue weighted by atomic mass is 16.3. The van der Waals surface area contributed by atoms with Crippen molar-refractivity contribution in [3.63, 3.8) is 0 Å². The summed E-state index contributed by atoms with van der Waals surface area (Å²) >= 11 is 0. The van der Waals surface area contributed by atoms with E-state index in [1.165, 1.54) is 11.1 Å². The fourth-order valence-corrected chi connectivity index (χ4v) is 1.96. The Morgan fingerprint density at radius 2 is 1.81 bits per heavy atom. The lowest BCUT2D eigenvalue weighted by Crippen LogP contribution is -2.12. The van der Waals surface area contributed by atoms with Crippen LogP contribution in [0.25, 0.3) is 0 Å². The van der Waals surface area contributed by atoms with Crippen LogP contribution in [0, 0.1) is 0 Å². The minimum Gasteiger partial charge on any atom is -0.393 e. The van der Waals surface area contributed by atoms with Crippen LogP contribution in [-0.2, 0) is 5.41 Å². The Balaban J connectivity index is 2.90. The summed E-state index contributed by atoms with van der Waals surface area (Å²) in [5.41, 5.74) is 2.89. The van der Waals surface area contributed by atoms with Gasteiger partial charge in [0.05, 0.1) is 6.10 Å². The maximum absolute atomic E-state index is 9.41. The van der Waals surface area contributed by atoms with Gasteiger partial charge in [-0.15, -0.1) is 0 Å². The number of benzene rings is 1. The van der Waals surface area contributed by atoms with Crippen LogP contribution in [-0.4, -0.2) is 11.2 Å². The van der Waals surface area contributed by atoms with Crippen molar-refractivity contribution in [2.75, 3.05) is 0 Å². The van der Waals surface area contributed by atoms with Crippen LogP contribution in [0.5, 0.6) is 0 Å². The quantitative estimate of drug-likeness (QED) is 0.820. The van der Waals surface area contributed by atoms with Gasteiger partial charge in [0.25, 0.3) is 0 Å². The Labute approximate surface area is 99.5 Å². The van der Waals surface area contributed by atoms with E-state index in [4.69, 9.17) is 0 Å². The average molecular weight is 220 g/mol. The smallest absolute Gasteiger partial charge is 0.0517 e. The van der Waals surface area contributed by atoms with Crippen molar-refractivity contribution in [3.8, 4) is 0 Å². The van der Waals surface area contributed by atoms with Crippen molar-refractivity contribution >= 4 is 0 Å². The molecule has 0 aliphatic heterocycles. The zero-order chi connectivity index (χ0) is 12.3.